The van der Waals surface area contributed by atoms with E-state index in [1.54, 1.807) is 25.3 Å². The van der Waals surface area contributed by atoms with Gasteiger partial charge in [-0.1, -0.05) is 41.9 Å². The van der Waals surface area contributed by atoms with Crippen LogP contribution in [0.5, 0.6) is 5.75 Å². The number of aryl methyl sites for hydroxylation is 1. The van der Waals surface area contributed by atoms with Crippen LogP contribution < -0.4 is 10.1 Å². The van der Waals surface area contributed by atoms with E-state index in [1.807, 2.05) is 30.3 Å². The molecule has 1 amide bonds. The summed E-state index contributed by atoms with van der Waals surface area (Å²) >= 11 is 6.00. The van der Waals surface area contributed by atoms with E-state index in [9.17, 15) is 4.79 Å². The lowest BCUT2D eigenvalue weighted by molar-refractivity contribution is -0.116. The highest BCUT2D eigenvalue weighted by Crippen LogP contribution is 2.28. The molecule has 1 N–H and O–H groups in total. The molecule has 0 saturated heterocycles. The summed E-state index contributed by atoms with van der Waals surface area (Å²) < 4.78 is 10.6. The number of rotatable bonds is 8. The van der Waals surface area contributed by atoms with E-state index < -0.39 is 0 Å². The fourth-order valence-electron chi connectivity index (χ4n) is 2.08. The summed E-state index contributed by atoms with van der Waals surface area (Å²) in [5, 5.41) is 3.40. The fourth-order valence-corrected chi connectivity index (χ4v) is 2.25. The normalized spacial score (nSPS) is 10.3. The molecule has 0 spiro atoms. The van der Waals surface area contributed by atoms with E-state index in [2.05, 4.69) is 5.32 Å². The number of anilines is 1. The van der Waals surface area contributed by atoms with E-state index >= 15 is 0 Å². The second-order valence-corrected chi connectivity index (χ2v) is 5.45. The van der Waals surface area contributed by atoms with Crippen molar-refractivity contribution in [2.75, 3.05) is 25.6 Å². The zero-order valence-corrected chi connectivity index (χ0v) is 13.8. The maximum Gasteiger partial charge on any atom is 0.224 e. The molecule has 0 heterocycles. The molecule has 0 aliphatic heterocycles. The largest absolute Gasteiger partial charge is 0.489 e. The molecule has 0 radical (unpaired) electrons. The molecule has 0 aliphatic rings. The van der Waals surface area contributed by atoms with Crippen molar-refractivity contribution in [2.24, 2.45) is 0 Å². The lowest BCUT2D eigenvalue weighted by Gasteiger charge is -2.13. The molecule has 122 valence electrons. The number of amides is 1. The van der Waals surface area contributed by atoms with Gasteiger partial charge in [-0.25, -0.2) is 0 Å². The summed E-state index contributed by atoms with van der Waals surface area (Å²) in [7, 11) is 1.61. The molecule has 2 aromatic carbocycles. The molecule has 0 bridgehead atoms. The number of halogens is 1. The maximum atomic E-state index is 12.1. The highest BCUT2D eigenvalue weighted by atomic mass is 35.5. The van der Waals surface area contributed by atoms with Crippen molar-refractivity contribution in [1.82, 2.24) is 0 Å². The molecule has 0 aromatic heterocycles. The van der Waals surface area contributed by atoms with Gasteiger partial charge < -0.3 is 14.8 Å². The quantitative estimate of drug-likeness (QED) is 0.744. The van der Waals surface area contributed by atoms with E-state index in [-0.39, 0.29) is 5.91 Å². The molecule has 2 rings (SSSR count). The summed E-state index contributed by atoms with van der Waals surface area (Å²) in [5.74, 6) is 0.507. The molecule has 0 fully saturated rings. The second-order valence-electron chi connectivity index (χ2n) is 5.02. The van der Waals surface area contributed by atoms with Crippen LogP contribution in [0.15, 0.2) is 48.5 Å². The van der Waals surface area contributed by atoms with Gasteiger partial charge >= 0.3 is 0 Å². The van der Waals surface area contributed by atoms with Crippen LogP contribution in [0.25, 0.3) is 0 Å². The molecule has 0 saturated carbocycles. The van der Waals surface area contributed by atoms with Gasteiger partial charge in [0.25, 0.3) is 0 Å². The highest BCUT2D eigenvalue weighted by Gasteiger charge is 2.09. The third-order valence-electron chi connectivity index (χ3n) is 3.24. The smallest absolute Gasteiger partial charge is 0.224 e. The number of nitrogens with one attached hydrogen (secondary N) is 1. The third-order valence-corrected chi connectivity index (χ3v) is 3.48. The van der Waals surface area contributed by atoms with Crippen molar-refractivity contribution in [1.29, 1.82) is 0 Å². The second kappa shape index (κ2) is 9.18. The predicted molar refractivity (Wildman–Crippen MR) is 92.2 cm³/mol. The van der Waals surface area contributed by atoms with Gasteiger partial charge in [-0.3, -0.25) is 4.79 Å². The van der Waals surface area contributed by atoms with Gasteiger partial charge in [-0.15, -0.1) is 0 Å². The zero-order valence-electron chi connectivity index (χ0n) is 13.0. The molecule has 5 heteroatoms. The highest BCUT2D eigenvalue weighted by molar-refractivity contribution is 6.31. The molecule has 2 aromatic rings. The van der Waals surface area contributed by atoms with E-state index in [1.165, 1.54) is 0 Å². The topological polar surface area (TPSA) is 47.6 Å². The van der Waals surface area contributed by atoms with Crippen molar-refractivity contribution in [3.63, 3.8) is 0 Å². The van der Waals surface area contributed by atoms with Crippen LogP contribution in [0.1, 0.15) is 12.0 Å². The van der Waals surface area contributed by atoms with E-state index in [0.717, 1.165) is 5.56 Å². The summed E-state index contributed by atoms with van der Waals surface area (Å²) in [6.45, 7) is 0.884. The molecule has 23 heavy (non-hydrogen) atoms. The van der Waals surface area contributed by atoms with Crippen LogP contribution in [0.4, 0.5) is 5.69 Å². The van der Waals surface area contributed by atoms with Crippen molar-refractivity contribution in [3.8, 4) is 5.75 Å². The van der Waals surface area contributed by atoms with E-state index in [4.69, 9.17) is 21.1 Å². The molecule has 0 aliphatic carbocycles. The monoisotopic (exact) mass is 333 g/mol. The van der Waals surface area contributed by atoms with Gasteiger partial charge in [-0.2, -0.15) is 0 Å². The van der Waals surface area contributed by atoms with Gasteiger partial charge in [0.15, 0.2) is 0 Å². The van der Waals surface area contributed by atoms with E-state index in [0.29, 0.717) is 42.5 Å². The first-order valence-corrected chi connectivity index (χ1v) is 7.82. The Balaban J connectivity index is 1.94. The Bertz CT molecular complexity index is 631. The Morgan fingerprint density at radius 2 is 1.91 bits per heavy atom. The van der Waals surface area contributed by atoms with Crippen LogP contribution in [-0.4, -0.2) is 26.2 Å². The number of ether oxygens (including phenoxy) is 2. The summed E-state index contributed by atoms with van der Waals surface area (Å²) in [6, 6.07) is 15.0. The number of benzene rings is 2. The number of hydrogen-bond acceptors (Lipinski definition) is 3. The molecule has 0 atom stereocenters. The van der Waals surface area contributed by atoms with Crippen LogP contribution in [0, 0.1) is 0 Å². The Kier molecular flexibility index (Phi) is 6.91. The maximum absolute atomic E-state index is 12.1. The lowest BCUT2D eigenvalue weighted by Crippen LogP contribution is -2.14. The molecule has 4 nitrogen and oxygen atoms in total. The Labute approximate surface area is 141 Å². The summed E-state index contributed by atoms with van der Waals surface area (Å²) in [5.41, 5.74) is 1.71. The van der Waals surface area contributed by atoms with Gasteiger partial charge in [0.05, 0.1) is 12.3 Å². The minimum Gasteiger partial charge on any atom is -0.489 e. The van der Waals surface area contributed by atoms with Crippen molar-refractivity contribution in [3.05, 3.63) is 59.1 Å². The predicted octanol–water partition coefficient (Wildman–Crippen LogP) is 3.94. The minimum atomic E-state index is -0.0762. The third kappa shape index (κ3) is 5.93. The summed E-state index contributed by atoms with van der Waals surface area (Å²) in [4.78, 5) is 12.1. The lowest BCUT2D eigenvalue weighted by atomic mass is 10.1. The summed E-state index contributed by atoms with van der Waals surface area (Å²) in [6.07, 6.45) is 1.08. The number of hydrogen-bond donors (Lipinski definition) is 1. The Hall–Kier alpha value is -2.04. The van der Waals surface area contributed by atoms with Crippen LogP contribution >= 0.6 is 11.6 Å². The van der Waals surface area contributed by atoms with Gasteiger partial charge in [-0.05, 0) is 30.2 Å². The van der Waals surface area contributed by atoms with Gasteiger partial charge in [0.2, 0.25) is 5.91 Å². The zero-order chi connectivity index (χ0) is 16.5. The van der Waals surface area contributed by atoms with Gasteiger partial charge in [0, 0.05) is 18.6 Å². The molecular formula is C18H20ClNO3. The van der Waals surface area contributed by atoms with Crippen LogP contribution in [0.2, 0.25) is 5.02 Å². The number of methoxy groups -OCH3 is 1. The average molecular weight is 334 g/mol. The Morgan fingerprint density at radius 1 is 1.13 bits per heavy atom. The van der Waals surface area contributed by atoms with Crippen molar-refractivity contribution >= 4 is 23.2 Å². The Morgan fingerprint density at radius 3 is 2.65 bits per heavy atom. The number of carbonyl (C=O) groups excluding carboxylic acids is 1. The standard InChI is InChI=1S/C18H20ClNO3/c1-22-11-12-23-17-9-8-15(19)13-16(17)20-18(21)10-7-14-5-3-2-4-6-14/h2-6,8-9,13H,7,10-12H2,1H3,(H,20,21). The molecule has 0 unspecified atom stereocenters. The first-order valence-electron chi connectivity index (χ1n) is 7.44. The number of carbonyl (C=O) groups is 1. The fraction of sp³-hybridized carbons (Fsp3) is 0.278. The van der Waals surface area contributed by atoms with Crippen molar-refractivity contribution in [2.45, 2.75) is 12.8 Å². The molecular weight excluding hydrogens is 314 g/mol. The average Bonchev–Trinajstić information content (AvgIpc) is 2.56. The first-order chi connectivity index (χ1) is 11.2. The van der Waals surface area contributed by atoms with Crippen LogP contribution in [-0.2, 0) is 16.0 Å². The van der Waals surface area contributed by atoms with Crippen molar-refractivity contribution < 1.29 is 14.3 Å². The first kappa shape index (κ1) is 17.3. The minimum absolute atomic E-state index is 0.0762. The van der Waals surface area contributed by atoms with Crippen LogP contribution in [0.3, 0.4) is 0 Å². The van der Waals surface area contributed by atoms with Gasteiger partial charge in [0.1, 0.15) is 12.4 Å². The SMILES string of the molecule is COCCOc1ccc(Cl)cc1NC(=O)CCc1ccccc1.